The zero-order valence-corrected chi connectivity index (χ0v) is 19.6. The Labute approximate surface area is 182 Å². The van der Waals surface area contributed by atoms with E-state index >= 15 is 0 Å². The minimum Gasteiger partial charge on any atom is -0.271 e. The highest BCUT2D eigenvalue weighted by molar-refractivity contribution is 9.10. The number of fused-ring (bicyclic) bond motifs is 5. The number of halogens is 1. The van der Waals surface area contributed by atoms with E-state index in [1.165, 1.54) is 22.2 Å². The number of thiophene rings is 1. The largest absolute Gasteiger partial charge is 0.271 e. The van der Waals surface area contributed by atoms with E-state index in [0.29, 0.717) is 5.41 Å². The number of rotatable bonds is 3. The Morgan fingerprint density at radius 3 is 2.90 bits per heavy atom. The molecule has 8 heteroatoms. The highest BCUT2D eigenvalue weighted by Gasteiger charge is 2.32. The molecule has 5 rings (SSSR count). The van der Waals surface area contributed by atoms with Gasteiger partial charge in [0.15, 0.2) is 11.5 Å². The molecular weight excluding hydrogens is 448 g/mol. The minimum atomic E-state index is 0.163. The van der Waals surface area contributed by atoms with Gasteiger partial charge in [-0.15, -0.1) is 16.4 Å². The van der Waals surface area contributed by atoms with Gasteiger partial charge in [-0.1, -0.05) is 27.7 Å². The van der Waals surface area contributed by atoms with Crippen LogP contribution in [0.2, 0.25) is 0 Å². The smallest absolute Gasteiger partial charge is 0.167 e. The number of hydrogen-bond donors (Lipinski definition) is 0. The highest BCUT2D eigenvalue weighted by Crippen LogP contribution is 2.43. The third kappa shape index (κ3) is 3.40. The molecule has 0 saturated heterocycles. The second-order valence-electron chi connectivity index (χ2n) is 9.25. The quantitative estimate of drug-likeness (QED) is 0.408. The van der Waals surface area contributed by atoms with Crippen molar-refractivity contribution in [3.63, 3.8) is 0 Å². The van der Waals surface area contributed by atoms with Crippen LogP contribution in [0, 0.1) is 11.3 Å². The fraction of sp³-hybridized carbons (Fsp3) is 0.524. The van der Waals surface area contributed by atoms with Gasteiger partial charge in [0, 0.05) is 17.0 Å². The minimum absolute atomic E-state index is 0.163. The maximum atomic E-state index is 4.96. The Bertz CT molecular complexity index is 1200. The molecule has 6 nitrogen and oxygen atoms in total. The van der Waals surface area contributed by atoms with E-state index in [2.05, 4.69) is 48.7 Å². The third-order valence-electron chi connectivity index (χ3n) is 6.13. The number of hydrogen-bond acceptors (Lipinski definition) is 5. The maximum absolute atomic E-state index is 4.96. The van der Waals surface area contributed by atoms with Crippen molar-refractivity contribution in [2.24, 2.45) is 11.3 Å². The number of aryl methyl sites for hydroxylation is 1. The van der Waals surface area contributed by atoms with Crippen molar-refractivity contribution < 1.29 is 0 Å². The van der Waals surface area contributed by atoms with Crippen LogP contribution in [-0.2, 0) is 19.4 Å². The topological polar surface area (TPSA) is 60.9 Å². The summed E-state index contributed by atoms with van der Waals surface area (Å²) in [5.41, 5.74) is 2.74. The summed E-state index contributed by atoms with van der Waals surface area (Å²) in [6.45, 7) is 9.96. The van der Waals surface area contributed by atoms with Gasteiger partial charge in [-0.05, 0) is 52.1 Å². The van der Waals surface area contributed by atoms with E-state index in [1.54, 1.807) is 6.20 Å². The molecule has 29 heavy (non-hydrogen) atoms. The van der Waals surface area contributed by atoms with Gasteiger partial charge in [0.25, 0.3) is 0 Å². The van der Waals surface area contributed by atoms with Crippen LogP contribution in [0.3, 0.4) is 0 Å². The molecule has 4 aromatic heterocycles. The average molecular weight is 473 g/mol. The second-order valence-corrected chi connectivity index (χ2v) is 11.3. The summed E-state index contributed by atoms with van der Waals surface area (Å²) in [6, 6.07) is 0. The van der Waals surface area contributed by atoms with Crippen LogP contribution in [0.5, 0.6) is 0 Å². The van der Waals surface area contributed by atoms with Gasteiger partial charge in [-0.25, -0.2) is 14.5 Å². The van der Waals surface area contributed by atoms with E-state index in [9.17, 15) is 0 Å². The zero-order chi connectivity index (χ0) is 20.3. The van der Waals surface area contributed by atoms with Gasteiger partial charge in [-0.2, -0.15) is 5.10 Å². The lowest BCUT2D eigenvalue weighted by molar-refractivity contribution is 0.218. The molecule has 4 aromatic rings. The molecule has 4 heterocycles. The predicted molar refractivity (Wildman–Crippen MR) is 119 cm³/mol. The predicted octanol–water partition coefficient (Wildman–Crippen LogP) is 5.25. The summed E-state index contributed by atoms with van der Waals surface area (Å²) >= 11 is 5.30. The summed E-state index contributed by atoms with van der Waals surface area (Å²) in [7, 11) is 0. The number of nitrogens with zero attached hydrogens (tertiary/aromatic N) is 6. The van der Waals surface area contributed by atoms with Crippen molar-refractivity contribution in [3.8, 4) is 0 Å². The van der Waals surface area contributed by atoms with Crippen molar-refractivity contribution in [2.45, 2.75) is 59.4 Å². The van der Waals surface area contributed by atoms with Crippen molar-refractivity contribution in [3.05, 3.63) is 39.5 Å². The van der Waals surface area contributed by atoms with Crippen LogP contribution >= 0.6 is 27.3 Å². The molecule has 0 aromatic carbocycles. The lowest BCUT2D eigenvalue weighted by Gasteiger charge is -2.33. The van der Waals surface area contributed by atoms with Crippen LogP contribution in [0.25, 0.3) is 15.9 Å². The second kappa shape index (κ2) is 6.87. The van der Waals surface area contributed by atoms with Crippen LogP contribution < -0.4 is 0 Å². The van der Waals surface area contributed by atoms with Gasteiger partial charge in [-0.3, -0.25) is 4.68 Å². The van der Waals surface area contributed by atoms with Gasteiger partial charge in [0.1, 0.15) is 11.2 Å². The molecular formula is C21H25BrN6S. The van der Waals surface area contributed by atoms with Crippen LogP contribution in [0.15, 0.2) is 23.2 Å². The monoisotopic (exact) mass is 472 g/mol. The molecule has 0 saturated carbocycles. The first-order valence-corrected chi connectivity index (χ1v) is 11.7. The summed E-state index contributed by atoms with van der Waals surface area (Å²) in [5, 5.41) is 10.3. The van der Waals surface area contributed by atoms with Crippen LogP contribution in [0.4, 0.5) is 0 Å². The maximum Gasteiger partial charge on any atom is 0.167 e. The van der Waals surface area contributed by atoms with Crippen LogP contribution in [-0.4, -0.2) is 29.4 Å². The lowest BCUT2D eigenvalue weighted by atomic mass is 9.72. The molecule has 0 bridgehead atoms. The van der Waals surface area contributed by atoms with Crippen molar-refractivity contribution in [2.75, 3.05) is 0 Å². The van der Waals surface area contributed by atoms with Crippen LogP contribution in [0.1, 0.15) is 56.3 Å². The molecule has 1 aliphatic carbocycles. The Kier molecular flexibility index (Phi) is 4.55. The normalized spacial score (nSPS) is 18.4. The lowest BCUT2D eigenvalue weighted by Crippen LogP contribution is -2.26. The molecule has 0 N–H and O–H groups in total. The first kappa shape index (κ1) is 19.2. The molecule has 0 aliphatic heterocycles. The average Bonchev–Trinajstić information content (AvgIpc) is 3.35. The SMILES string of the molecule is CC(Cn1cc(Br)cn1)c1nc2c3c4c(sc3ncn2n1)CC(C(C)(C)C)CC4. The van der Waals surface area contributed by atoms with Crippen molar-refractivity contribution >= 4 is 43.1 Å². The summed E-state index contributed by atoms with van der Waals surface area (Å²) in [6.07, 6.45) is 9.09. The molecule has 0 spiro atoms. The van der Waals surface area contributed by atoms with Gasteiger partial charge < -0.3 is 0 Å². The molecule has 152 valence electrons. The Morgan fingerprint density at radius 2 is 2.17 bits per heavy atom. The molecule has 2 unspecified atom stereocenters. The summed E-state index contributed by atoms with van der Waals surface area (Å²) in [4.78, 5) is 12.3. The standard InChI is InChI=1S/C21H25BrN6S/c1-12(9-27-10-14(22)8-24-27)18-25-19-17-15-6-5-13(21(2,3)4)7-16(15)29-20(17)23-11-28(19)26-18/h8,10-13H,5-7,9H2,1-4H3. The first-order chi connectivity index (χ1) is 13.8. The van der Waals surface area contributed by atoms with E-state index < -0.39 is 0 Å². The van der Waals surface area contributed by atoms with E-state index in [4.69, 9.17) is 15.1 Å². The molecule has 2 atom stereocenters. The summed E-state index contributed by atoms with van der Waals surface area (Å²) in [5.74, 6) is 1.73. The van der Waals surface area contributed by atoms with E-state index in [0.717, 1.165) is 46.1 Å². The van der Waals surface area contributed by atoms with E-state index in [1.807, 2.05) is 33.1 Å². The highest BCUT2D eigenvalue weighted by atomic mass is 79.9. The van der Waals surface area contributed by atoms with Gasteiger partial charge in [0.05, 0.1) is 22.6 Å². The van der Waals surface area contributed by atoms with Crippen molar-refractivity contribution in [1.29, 1.82) is 0 Å². The third-order valence-corrected chi connectivity index (χ3v) is 7.70. The molecule has 0 fully saturated rings. The molecule has 0 amide bonds. The Morgan fingerprint density at radius 1 is 1.34 bits per heavy atom. The fourth-order valence-electron chi connectivity index (χ4n) is 4.34. The fourth-order valence-corrected chi connectivity index (χ4v) is 5.93. The van der Waals surface area contributed by atoms with Gasteiger partial charge in [0.2, 0.25) is 0 Å². The Hall–Kier alpha value is -1.80. The number of aromatic nitrogens is 6. The first-order valence-electron chi connectivity index (χ1n) is 10.1. The van der Waals surface area contributed by atoms with Gasteiger partial charge >= 0.3 is 0 Å². The van der Waals surface area contributed by atoms with E-state index in [-0.39, 0.29) is 5.92 Å². The Balaban J connectivity index is 1.53. The van der Waals surface area contributed by atoms with Crippen molar-refractivity contribution in [1.82, 2.24) is 29.4 Å². The summed E-state index contributed by atoms with van der Waals surface area (Å²) < 4.78 is 4.76. The zero-order valence-electron chi connectivity index (χ0n) is 17.2. The molecule has 1 aliphatic rings. The molecule has 0 radical (unpaired) electrons.